The van der Waals surface area contributed by atoms with Crippen LogP contribution in [0, 0.1) is 26.7 Å². The molecule has 2 aromatic rings. The van der Waals surface area contributed by atoms with Gasteiger partial charge in [0.05, 0.1) is 11.5 Å². The summed E-state index contributed by atoms with van der Waals surface area (Å²) in [5.74, 6) is -1.80. The molecule has 0 bridgehead atoms. The van der Waals surface area contributed by atoms with Crippen molar-refractivity contribution in [2.45, 2.75) is 33.7 Å². The summed E-state index contributed by atoms with van der Waals surface area (Å²) in [7, 11) is 0. The summed E-state index contributed by atoms with van der Waals surface area (Å²) < 4.78 is 0. The van der Waals surface area contributed by atoms with Gasteiger partial charge in [0.1, 0.15) is 0 Å². The van der Waals surface area contributed by atoms with Gasteiger partial charge in [0.15, 0.2) is 0 Å². The zero-order valence-electron chi connectivity index (χ0n) is 16.3. The molecule has 3 rings (SSSR count). The van der Waals surface area contributed by atoms with E-state index in [4.69, 9.17) is 0 Å². The van der Waals surface area contributed by atoms with Crippen LogP contribution in [-0.2, 0) is 16.1 Å². The minimum absolute atomic E-state index is 0.0485. The van der Waals surface area contributed by atoms with Gasteiger partial charge in [0.2, 0.25) is 11.8 Å². The van der Waals surface area contributed by atoms with Gasteiger partial charge in [-0.1, -0.05) is 35.9 Å². The van der Waals surface area contributed by atoms with E-state index in [1.165, 1.54) is 6.07 Å². The van der Waals surface area contributed by atoms with Gasteiger partial charge in [0, 0.05) is 25.2 Å². The molecule has 2 N–H and O–H groups in total. The highest BCUT2D eigenvalue weighted by Crippen LogP contribution is 2.25. The number of aryl methyl sites for hydroxylation is 3. The Bertz CT molecular complexity index is 934. The first-order chi connectivity index (χ1) is 13.2. The van der Waals surface area contributed by atoms with Gasteiger partial charge < -0.3 is 15.3 Å². The van der Waals surface area contributed by atoms with E-state index in [1.54, 1.807) is 17.9 Å². The van der Waals surface area contributed by atoms with Gasteiger partial charge in [-0.15, -0.1) is 0 Å². The second kappa shape index (κ2) is 7.84. The van der Waals surface area contributed by atoms with Crippen molar-refractivity contribution in [1.82, 2.24) is 4.90 Å². The molecule has 28 heavy (non-hydrogen) atoms. The van der Waals surface area contributed by atoms with Crippen LogP contribution in [-0.4, -0.2) is 34.3 Å². The second-order valence-corrected chi connectivity index (χ2v) is 7.44. The van der Waals surface area contributed by atoms with E-state index in [-0.39, 0.29) is 23.8 Å². The minimum atomic E-state index is -1.03. The van der Waals surface area contributed by atoms with E-state index in [2.05, 4.69) is 5.32 Å². The molecule has 1 atom stereocenters. The summed E-state index contributed by atoms with van der Waals surface area (Å²) in [6.45, 7) is 6.39. The van der Waals surface area contributed by atoms with Crippen molar-refractivity contribution in [1.29, 1.82) is 0 Å². The fourth-order valence-corrected chi connectivity index (χ4v) is 3.47. The molecule has 2 aromatic carbocycles. The zero-order chi connectivity index (χ0) is 20.4. The van der Waals surface area contributed by atoms with Crippen LogP contribution < -0.4 is 5.32 Å². The molecule has 6 nitrogen and oxygen atoms in total. The number of hydrogen-bond acceptors (Lipinski definition) is 3. The van der Waals surface area contributed by atoms with Crippen molar-refractivity contribution >= 4 is 23.5 Å². The SMILES string of the molecule is Cc1ccc(CN2CC(C(=O)Nc3cc(C(=O)O)c(C)cc3C)CC2=O)cc1. The number of hydrogen-bond donors (Lipinski definition) is 2. The van der Waals surface area contributed by atoms with E-state index in [0.29, 0.717) is 24.3 Å². The Hall–Kier alpha value is -3.15. The van der Waals surface area contributed by atoms with Gasteiger partial charge in [0.25, 0.3) is 0 Å². The van der Waals surface area contributed by atoms with Crippen LogP contribution >= 0.6 is 0 Å². The van der Waals surface area contributed by atoms with Crippen molar-refractivity contribution in [3.63, 3.8) is 0 Å². The first kappa shape index (κ1) is 19.6. The monoisotopic (exact) mass is 380 g/mol. The lowest BCUT2D eigenvalue weighted by Gasteiger charge is -2.17. The number of carbonyl (C=O) groups excluding carboxylic acids is 2. The molecule has 1 aliphatic heterocycles. The lowest BCUT2D eigenvalue weighted by atomic mass is 10.0. The van der Waals surface area contributed by atoms with E-state index < -0.39 is 11.9 Å². The quantitative estimate of drug-likeness (QED) is 0.833. The summed E-state index contributed by atoms with van der Waals surface area (Å²) >= 11 is 0. The van der Waals surface area contributed by atoms with Crippen molar-refractivity contribution in [3.8, 4) is 0 Å². The fourth-order valence-electron chi connectivity index (χ4n) is 3.47. The molecule has 1 heterocycles. The molecular weight excluding hydrogens is 356 g/mol. The Balaban J connectivity index is 1.69. The average Bonchev–Trinajstić information content (AvgIpc) is 2.99. The number of nitrogens with one attached hydrogen (secondary N) is 1. The Morgan fingerprint density at radius 2 is 1.79 bits per heavy atom. The number of amides is 2. The molecule has 1 aliphatic rings. The number of carboxylic acids is 1. The van der Waals surface area contributed by atoms with Gasteiger partial charge in [-0.2, -0.15) is 0 Å². The van der Waals surface area contributed by atoms with Crippen molar-refractivity contribution in [3.05, 3.63) is 64.2 Å². The van der Waals surface area contributed by atoms with Gasteiger partial charge in [-0.25, -0.2) is 4.79 Å². The highest BCUT2D eigenvalue weighted by Gasteiger charge is 2.34. The Morgan fingerprint density at radius 3 is 2.43 bits per heavy atom. The van der Waals surface area contributed by atoms with Crippen LogP contribution in [0.3, 0.4) is 0 Å². The van der Waals surface area contributed by atoms with Crippen LogP contribution in [0.1, 0.15) is 39.0 Å². The van der Waals surface area contributed by atoms with Crippen molar-refractivity contribution < 1.29 is 19.5 Å². The first-order valence-electron chi connectivity index (χ1n) is 9.23. The molecule has 2 amide bonds. The second-order valence-electron chi connectivity index (χ2n) is 7.44. The molecule has 0 aromatic heterocycles. The lowest BCUT2D eigenvalue weighted by molar-refractivity contribution is -0.128. The van der Waals surface area contributed by atoms with Gasteiger partial charge in [-0.3, -0.25) is 9.59 Å². The van der Waals surface area contributed by atoms with Crippen LogP contribution in [0.25, 0.3) is 0 Å². The number of rotatable bonds is 5. The highest BCUT2D eigenvalue weighted by atomic mass is 16.4. The minimum Gasteiger partial charge on any atom is -0.478 e. The summed E-state index contributed by atoms with van der Waals surface area (Å²) in [6, 6.07) is 11.2. The van der Waals surface area contributed by atoms with E-state index in [0.717, 1.165) is 16.7 Å². The predicted octanol–water partition coefficient (Wildman–Crippen LogP) is 3.30. The third-order valence-corrected chi connectivity index (χ3v) is 5.14. The predicted molar refractivity (Wildman–Crippen MR) is 106 cm³/mol. The number of carbonyl (C=O) groups is 3. The third-order valence-electron chi connectivity index (χ3n) is 5.14. The number of nitrogens with zero attached hydrogens (tertiary/aromatic N) is 1. The van der Waals surface area contributed by atoms with Crippen LogP contribution in [0.15, 0.2) is 36.4 Å². The molecule has 0 aliphatic carbocycles. The van der Waals surface area contributed by atoms with E-state index in [1.807, 2.05) is 38.1 Å². The molecule has 1 fully saturated rings. The Labute approximate surface area is 164 Å². The first-order valence-corrected chi connectivity index (χ1v) is 9.23. The molecule has 146 valence electrons. The fraction of sp³-hybridized carbons (Fsp3) is 0.318. The van der Waals surface area contributed by atoms with Crippen LogP contribution in [0.5, 0.6) is 0 Å². The average molecular weight is 380 g/mol. The maximum atomic E-state index is 12.7. The number of likely N-dealkylation sites (tertiary alicyclic amines) is 1. The van der Waals surface area contributed by atoms with Crippen molar-refractivity contribution in [2.75, 3.05) is 11.9 Å². The molecule has 1 saturated heterocycles. The summed E-state index contributed by atoms with van der Waals surface area (Å²) in [5, 5.41) is 12.1. The maximum absolute atomic E-state index is 12.7. The summed E-state index contributed by atoms with van der Waals surface area (Å²) in [5.41, 5.74) is 4.24. The third kappa shape index (κ3) is 4.22. The van der Waals surface area contributed by atoms with Crippen molar-refractivity contribution in [2.24, 2.45) is 5.92 Å². The Kier molecular flexibility index (Phi) is 5.49. The normalized spacial score (nSPS) is 16.3. The van der Waals surface area contributed by atoms with E-state index >= 15 is 0 Å². The number of benzene rings is 2. The molecular formula is C22H24N2O4. The Morgan fingerprint density at radius 1 is 1.11 bits per heavy atom. The van der Waals surface area contributed by atoms with E-state index in [9.17, 15) is 19.5 Å². The highest BCUT2D eigenvalue weighted by molar-refractivity contribution is 5.99. The van der Waals surface area contributed by atoms with Gasteiger partial charge in [-0.05, 0) is 43.5 Å². The number of aromatic carboxylic acids is 1. The largest absolute Gasteiger partial charge is 0.478 e. The molecule has 0 spiro atoms. The molecule has 1 unspecified atom stereocenters. The van der Waals surface area contributed by atoms with Crippen LogP contribution in [0.2, 0.25) is 0 Å². The molecule has 6 heteroatoms. The topological polar surface area (TPSA) is 86.7 Å². The summed E-state index contributed by atoms with van der Waals surface area (Å²) in [6.07, 6.45) is 0.161. The molecule has 0 radical (unpaired) electrons. The standard InChI is InChI=1S/C22H24N2O4/c1-13-4-6-16(7-5-13)11-24-12-17(9-20(24)25)21(26)23-19-10-18(22(27)28)14(2)8-15(19)3/h4-8,10,17H,9,11-12H2,1-3H3,(H,23,26)(H,27,28). The number of anilines is 1. The molecule has 0 saturated carbocycles. The van der Waals surface area contributed by atoms with Crippen LogP contribution in [0.4, 0.5) is 5.69 Å². The maximum Gasteiger partial charge on any atom is 0.336 e. The summed E-state index contributed by atoms with van der Waals surface area (Å²) in [4.78, 5) is 38.1. The van der Waals surface area contributed by atoms with Gasteiger partial charge >= 0.3 is 5.97 Å². The zero-order valence-corrected chi connectivity index (χ0v) is 16.3. The number of carboxylic acid groups (broad SMARTS) is 1. The lowest BCUT2D eigenvalue weighted by Crippen LogP contribution is -2.28. The smallest absolute Gasteiger partial charge is 0.336 e.